The van der Waals surface area contributed by atoms with Crippen LogP contribution in [-0.4, -0.2) is 24.1 Å². The summed E-state index contributed by atoms with van der Waals surface area (Å²) in [6.07, 6.45) is 10.8. The third-order valence-corrected chi connectivity index (χ3v) is 14.7. The zero-order chi connectivity index (χ0) is 32.0. The summed E-state index contributed by atoms with van der Waals surface area (Å²) >= 11 is 0. The number of allylic oxidation sites excluding steroid dienone is 2. The Hall–Kier alpha value is -2.44. The highest BCUT2D eigenvalue weighted by Gasteiger charge is 2.72. The lowest BCUT2D eigenvalue weighted by atomic mass is 9.32. The summed E-state index contributed by atoms with van der Waals surface area (Å²) in [5.74, 6) is 1.98. The molecule has 5 fully saturated rings. The van der Waals surface area contributed by atoms with Crippen molar-refractivity contribution < 1.29 is 19.5 Å². The number of nitrogens with zero attached hydrogens (tertiary/aromatic N) is 1. The summed E-state index contributed by atoms with van der Waals surface area (Å²) in [4.78, 5) is 27.7. The van der Waals surface area contributed by atoms with Crippen molar-refractivity contribution in [3.05, 3.63) is 52.8 Å². The number of rotatable bonds is 4. The minimum atomic E-state index is -0.500. The number of methoxy groups -OCH3 is 1. The highest BCUT2D eigenvalue weighted by Crippen LogP contribution is 2.77. The van der Waals surface area contributed by atoms with Crippen molar-refractivity contribution in [3.63, 3.8) is 0 Å². The van der Waals surface area contributed by atoms with Gasteiger partial charge in [-0.25, -0.2) is 0 Å². The molecule has 1 aromatic carbocycles. The number of ketones is 1. The Morgan fingerprint density at radius 2 is 1.75 bits per heavy atom. The van der Waals surface area contributed by atoms with E-state index in [1.807, 2.05) is 12.1 Å². The minimum Gasteiger partial charge on any atom is -0.733 e. The van der Waals surface area contributed by atoms with E-state index in [0.29, 0.717) is 17.8 Å². The summed E-state index contributed by atoms with van der Waals surface area (Å²) in [6.45, 7) is 18.4. The van der Waals surface area contributed by atoms with Crippen LogP contribution in [0.1, 0.15) is 105 Å². The van der Waals surface area contributed by atoms with Gasteiger partial charge in [0.2, 0.25) is 0 Å². The van der Waals surface area contributed by atoms with Gasteiger partial charge in [0.15, 0.2) is 5.78 Å². The molecule has 0 amide bonds. The number of ether oxygens (including phenoxy) is 1. The second-order valence-electron chi connectivity index (χ2n) is 16.6. The number of anilines is 1. The molecule has 9 unspecified atom stereocenters. The first-order valence-corrected chi connectivity index (χ1v) is 16.8. The largest absolute Gasteiger partial charge is 0.733 e. The Balaban J connectivity index is 1.41. The van der Waals surface area contributed by atoms with Gasteiger partial charge in [-0.2, -0.15) is 0 Å². The van der Waals surface area contributed by atoms with Crippen LogP contribution >= 0.6 is 0 Å². The second-order valence-corrected chi connectivity index (χ2v) is 16.6. The molecular weight excluding hydrogens is 550 g/mol. The summed E-state index contributed by atoms with van der Waals surface area (Å²) in [5.41, 5.74) is 2.13. The van der Waals surface area contributed by atoms with Crippen molar-refractivity contribution in [2.45, 2.75) is 99.3 Å². The van der Waals surface area contributed by atoms with E-state index in [-0.39, 0.29) is 50.7 Å². The Kier molecular flexibility index (Phi) is 7.37. The van der Waals surface area contributed by atoms with Crippen LogP contribution in [-0.2, 0) is 14.3 Å². The van der Waals surface area contributed by atoms with E-state index in [1.54, 1.807) is 25.3 Å². The molecule has 0 bridgehead atoms. The number of hydrogen-bond acceptors (Lipinski definition) is 6. The lowest BCUT2D eigenvalue weighted by molar-refractivity contribution is -0.232. The Morgan fingerprint density at radius 3 is 2.41 bits per heavy atom. The number of hydrogen-bond donors (Lipinski definition) is 1. The Labute approximate surface area is 263 Å². The van der Waals surface area contributed by atoms with Crippen LogP contribution in [0.2, 0.25) is 0 Å². The third kappa shape index (κ3) is 4.11. The van der Waals surface area contributed by atoms with Crippen LogP contribution in [0.15, 0.2) is 42.0 Å². The first-order chi connectivity index (χ1) is 20.6. The zero-order valence-electron chi connectivity index (χ0n) is 27.9. The smallest absolute Gasteiger partial charge is 0.312 e. The number of esters is 1. The molecule has 6 heteroatoms. The molecule has 6 rings (SSSR count). The maximum Gasteiger partial charge on any atom is 0.312 e. The molecule has 5 aliphatic carbocycles. The lowest BCUT2D eigenvalue weighted by Crippen LogP contribution is -2.67. The fraction of sp³-hybridized carbons (Fsp3) is 0.684. The van der Waals surface area contributed by atoms with Gasteiger partial charge >= 0.3 is 5.97 Å². The molecule has 9 atom stereocenters. The normalized spacial score (nSPS) is 43.3. The van der Waals surface area contributed by atoms with Crippen molar-refractivity contribution in [2.24, 2.45) is 56.7 Å². The number of fused-ring (bicyclic) bond motifs is 7. The molecule has 0 saturated heterocycles. The first kappa shape index (κ1) is 31.5. The zero-order valence-corrected chi connectivity index (χ0v) is 27.9. The fourth-order valence-electron chi connectivity index (χ4n) is 12.6. The molecule has 1 N–H and O–H groups in total. The quantitative estimate of drug-likeness (QED) is 0.160. The van der Waals surface area contributed by atoms with Gasteiger partial charge in [-0.05, 0) is 140 Å². The molecule has 0 aromatic heterocycles. The molecule has 44 heavy (non-hydrogen) atoms. The van der Waals surface area contributed by atoms with Crippen molar-refractivity contribution in [1.82, 2.24) is 0 Å². The highest BCUT2D eigenvalue weighted by molar-refractivity contribution is 6.04. The predicted octanol–water partition coefficient (Wildman–Crippen LogP) is 8.77. The monoisotopic (exact) mass is 602 g/mol. The molecular formula is C38H52NO5-. The Bertz CT molecular complexity index is 1410. The van der Waals surface area contributed by atoms with Crippen LogP contribution in [0.5, 0.6) is 0 Å². The van der Waals surface area contributed by atoms with Crippen LogP contribution in [0, 0.1) is 61.9 Å². The van der Waals surface area contributed by atoms with Gasteiger partial charge < -0.3 is 15.2 Å². The number of carbonyl (C=O) groups is 2. The van der Waals surface area contributed by atoms with Gasteiger partial charge in [-0.3, -0.25) is 14.8 Å². The summed E-state index contributed by atoms with van der Waals surface area (Å²) in [7, 11) is 1.56. The molecule has 6 nitrogen and oxygen atoms in total. The number of benzene rings is 1. The van der Waals surface area contributed by atoms with E-state index in [0.717, 1.165) is 68.9 Å². The van der Waals surface area contributed by atoms with Gasteiger partial charge in [0.05, 0.1) is 18.2 Å². The molecule has 1 aromatic rings. The van der Waals surface area contributed by atoms with Crippen molar-refractivity contribution in [2.75, 3.05) is 12.3 Å². The molecule has 5 aliphatic rings. The van der Waals surface area contributed by atoms with Crippen LogP contribution in [0.25, 0.3) is 6.08 Å². The third-order valence-electron chi connectivity index (χ3n) is 14.7. The number of carbonyl (C=O) groups excluding carboxylic acids is 2. The second kappa shape index (κ2) is 10.3. The van der Waals surface area contributed by atoms with Gasteiger partial charge in [-0.15, -0.1) is 0 Å². The molecule has 0 aliphatic heterocycles. The molecule has 240 valence electrons. The summed E-state index contributed by atoms with van der Waals surface area (Å²) in [5, 5.41) is 20.9. The Morgan fingerprint density at radius 1 is 1.02 bits per heavy atom. The lowest BCUT2D eigenvalue weighted by Gasteiger charge is -2.72. The summed E-state index contributed by atoms with van der Waals surface area (Å²) < 4.78 is 5.53. The van der Waals surface area contributed by atoms with E-state index in [9.17, 15) is 20.0 Å². The SMILES string of the molecule is C=C(C)C1CCC2(C(=O)OC)CCC3(C)C(CCC4C5(C)CC(=Cc6cccc(N([O-])O)c6)C(=O)C(C)(C)C5CCC43C)C12. The van der Waals surface area contributed by atoms with Crippen LogP contribution in [0.4, 0.5) is 5.69 Å². The molecule has 0 spiro atoms. The van der Waals surface area contributed by atoms with Crippen molar-refractivity contribution in [3.8, 4) is 0 Å². The van der Waals surface area contributed by atoms with E-state index in [4.69, 9.17) is 4.74 Å². The fourth-order valence-corrected chi connectivity index (χ4v) is 12.6. The topological polar surface area (TPSA) is 89.9 Å². The van der Waals surface area contributed by atoms with Crippen LogP contribution in [0.3, 0.4) is 0 Å². The number of Topliss-reactive ketones (excluding diaryl/α,β-unsaturated/α-hetero) is 1. The highest BCUT2D eigenvalue weighted by atomic mass is 16.8. The van der Waals surface area contributed by atoms with E-state index in [2.05, 4.69) is 48.1 Å². The summed E-state index contributed by atoms with van der Waals surface area (Å²) in [6, 6.07) is 6.83. The van der Waals surface area contributed by atoms with E-state index in [1.165, 1.54) is 5.57 Å². The van der Waals surface area contributed by atoms with Crippen LogP contribution < -0.4 is 5.23 Å². The average molecular weight is 603 g/mol. The predicted molar refractivity (Wildman–Crippen MR) is 173 cm³/mol. The molecule has 0 heterocycles. The van der Waals surface area contributed by atoms with Gasteiger partial charge in [0.1, 0.15) is 0 Å². The van der Waals surface area contributed by atoms with E-state index < -0.39 is 10.8 Å². The van der Waals surface area contributed by atoms with E-state index >= 15 is 0 Å². The van der Waals surface area contributed by atoms with Gasteiger partial charge in [0.25, 0.3) is 0 Å². The minimum absolute atomic E-state index is 0.0102. The molecule has 0 radical (unpaired) electrons. The molecule has 5 saturated carbocycles. The standard InChI is InChI=1S/C38H52NO5/c1-23(2)27-14-17-38(33(41)44-8)19-18-36(6)28(31(27)38)12-13-30-35(5)22-25(20-24-10-9-11-26(21-24)39(42)43)32(40)34(3,4)29(35)15-16-37(30,36)7/h9-11,20-21,27-31,42H,1,12-19,22H2,2-8H3/q-1. The maximum atomic E-state index is 14.1. The first-order valence-electron chi connectivity index (χ1n) is 16.8. The maximum absolute atomic E-state index is 14.1. The van der Waals surface area contributed by atoms with Crippen molar-refractivity contribution in [1.29, 1.82) is 0 Å². The average Bonchev–Trinajstić information content (AvgIpc) is 3.37. The van der Waals surface area contributed by atoms with Gasteiger partial charge in [0, 0.05) is 5.41 Å². The van der Waals surface area contributed by atoms with Gasteiger partial charge in [-0.1, -0.05) is 58.9 Å². The van der Waals surface area contributed by atoms with Crippen molar-refractivity contribution >= 4 is 23.5 Å².